The third-order valence-corrected chi connectivity index (χ3v) is 4.22. The van der Waals surface area contributed by atoms with Gasteiger partial charge in [0.25, 0.3) is 0 Å². The SMILES string of the molecule is Cc1ccc2c(c1)NC(c1cccc3ccccc13)C2. The molecule has 3 aromatic carbocycles. The summed E-state index contributed by atoms with van der Waals surface area (Å²) in [5, 5.41) is 6.36. The normalized spacial score (nSPS) is 16.9. The zero-order valence-electron chi connectivity index (χ0n) is 11.6. The Labute approximate surface area is 119 Å². The fraction of sp³-hybridized carbons (Fsp3) is 0.158. The van der Waals surface area contributed by atoms with Crippen molar-refractivity contribution in [2.45, 2.75) is 19.4 Å². The summed E-state index contributed by atoms with van der Waals surface area (Å²) in [5.41, 5.74) is 5.43. The van der Waals surface area contributed by atoms with E-state index < -0.39 is 0 Å². The van der Waals surface area contributed by atoms with E-state index >= 15 is 0 Å². The van der Waals surface area contributed by atoms with Crippen LogP contribution in [0.2, 0.25) is 0 Å². The van der Waals surface area contributed by atoms with E-state index in [0.29, 0.717) is 6.04 Å². The van der Waals surface area contributed by atoms with Crippen molar-refractivity contribution in [3.05, 3.63) is 77.4 Å². The molecule has 1 N–H and O–H groups in total. The van der Waals surface area contributed by atoms with Gasteiger partial charge in [0.15, 0.2) is 0 Å². The van der Waals surface area contributed by atoms with Gasteiger partial charge in [-0.25, -0.2) is 0 Å². The van der Waals surface area contributed by atoms with Crippen molar-refractivity contribution in [1.29, 1.82) is 0 Å². The number of rotatable bonds is 1. The number of fused-ring (bicyclic) bond motifs is 2. The largest absolute Gasteiger partial charge is 0.378 e. The topological polar surface area (TPSA) is 12.0 Å². The summed E-state index contributed by atoms with van der Waals surface area (Å²) in [6.45, 7) is 2.15. The van der Waals surface area contributed by atoms with Crippen LogP contribution in [0, 0.1) is 6.92 Å². The fourth-order valence-corrected chi connectivity index (χ4v) is 3.20. The van der Waals surface area contributed by atoms with Gasteiger partial charge in [-0.15, -0.1) is 0 Å². The molecule has 1 nitrogen and oxygen atoms in total. The fourth-order valence-electron chi connectivity index (χ4n) is 3.20. The standard InChI is InChI=1S/C19H17N/c1-13-9-10-15-12-19(20-18(15)11-13)17-8-4-6-14-5-2-3-7-16(14)17/h2-11,19-20H,12H2,1H3. The first-order valence-corrected chi connectivity index (χ1v) is 7.15. The molecule has 3 aromatic rings. The summed E-state index contributed by atoms with van der Waals surface area (Å²) in [6.07, 6.45) is 1.07. The molecule has 0 aromatic heterocycles. The molecule has 0 bridgehead atoms. The highest BCUT2D eigenvalue weighted by Gasteiger charge is 2.23. The van der Waals surface area contributed by atoms with Crippen LogP contribution in [0.1, 0.15) is 22.7 Å². The number of aryl methyl sites for hydroxylation is 1. The predicted molar refractivity (Wildman–Crippen MR) is 85.2 cm³/mol. The van der Waals surface area contributed by atoms with Gasteiger partial charge in [0.1, 0.15) is 0 Å². The molecule has 98 valence electrons. The lowest BCUT2D eigenvalue weighted by atomic mass is 9.96. The van der Waals surface area contributed by atoms with Crippen molar-refractivity contribution in [2.24, 2.45) is 0 Å². The van der Waals surface area contributed by atoms with E-state index in [2.05, 4.69) is 72.9 Å². The molecule has 1 heteroatoms. The minimum Gasteiger partial charge on any atom is -0.378 e. The van der Waals surface area contributed by atoms with Crippen LogP contribution >= 0.6 is 0 Å². The van der Waals surface area contributed by atoms with E-state index in [0.717, 1.165) is 6.42 Å². The zero-order chi connectivity index (χ0) is 13.5. The molecule has 0 radical (unpaired) electrons. The molecule has 1 aliphatic heterocycles. The van der Waals surface area contributed by atoms with Crippen LogP contribution in [0.3, 0.4) is 0 Å². The van der Waals surface area contributed by atoms with Gasteiger partial charge in [0.05, 0.1) is 6.04 Å². The Balaban J connectivity index is 1.79. The van der Waals surface area contributed by atoms with Gasteiger partial charge in [-0.05, 0) is 46.9 Å². The van der Waals surface area contributed by atoms with Gasteiger partial charge >= 0.3 is 0 Å². The van der Waals surface area contributed by atoms with E-state index in [1.807, 2.05) is 0 Å². The summed E-state index contributed by atoms with van der Waals surface area (Å²) in [6, 6.07) is 22.3. The maximum Gasteiger partial charge on any atom is 0.0561 e. The van der Waals surface area contributed by atoms with Crippen LogP contribution in [-0.2, 0) is 6.42 Å². The molecule has 1 aliphatic rings. The first-order chi connectivity index (χ1) is 9.81. The first-order valence-electron chi connectivity index (χ1n) is 7.15. The van der Waals surface area contributed by atoms with Crippen molar-refractivity contribution < 1.29 is 0 Å². The number of hydrogen-bond donors (Lipinski definition) is 1. The van der Waals surface area contributed by atoms with Gasteiger partial charge in [0, 0.05) is 5.69 Å². The third kappa shape index (κ3) is 1.78. The van der Waals surface area contributed by atoms with E-state index in [1.165, 1.54) is 33.2 Å². The van der Waals surface area contributed by atoms with Gasteiger partial charge < -0.3 is 5.32 Å². The molecule has 4 rings (SSSR count). The van der Waals surface area contributed by atoms with Crippen LogP contribution in [0.15, 0.2) is 60.7 Å². The molecule has 0 spiro atoms. The van der Waals surface area contributed by atoms with E-state index in [4.69, 9.17) is 0 Å². The highest BCUT2D eigenvalue weighted by molar-refractivity contribution is 5.86. The molecular formula is C19H17N. The Hall–Kier alpha value is -2.28. The average Bonchev–Trinajstić information content (AvgIpc) is 2.89. The Bertz CT molecular complexity index is 783. The maximum absolute atomic E-state index is 3.68. The minimum atomic E-state index is 0.387. The Kier molecular flexibility index (Phi) is 2.53. The second-order valence-electron chi connectivity index (χ2n) is 5.63. The van der Waals surface area contributed by atoms with Gasteiger partial charge in [0.2, 0.25) is 0 Å². The van der Waals surface area contributed by atoms with Crippen LogP contribution in [0.5, 0.6) is 0 Å². The first kappa shape index (κ1) is 11.5. The second kappa shape index (κ2) is 4.38. The summed E-state index contributed by atoms with van der Waals surface area (Å²) in [7, 11) is 0. The van der Waals surface area contributed by atoms with Gasteiger partial charge in [-0.3, -0.25) is 0 Å². The van der Waals surface area contributed by atoms with Crippen molar-refractivity contribution >= 4 is 16.5 Å². The van der Waals surface area contributed by atoms with Crippen molar-refractivity contribution in [3.8, 4) is 0 Å². The lowest BCUT2D eigenvalue weighted by molar-refractivity contribution is 0.832. The Morgan fingerprint density at radius 1 is 0.950 bits per heavy atom. The summed E-state index contributed by atoms with van der Waals surface area (Å²) < 4.78 is 0. The van der Waals surface area contributed by atoms with Crippen molar-refractivity contribution in [1.82, 2.24) is 0 Å². The monoisotopic (exact) mass is 259 g/mol. The Morgan fingerprint density at radius 3 is 2.75 bits per heavy atom. The predicted octanol–water partition coefficient (Wildman–Crippen LogP) is 4.86. The molecule has 1 unspecified atom stereocenters. The van der Waals surface area contributed by atoms with Gasteiger partial charge in [-0.1, -0.05) is 54.6 Å². The molecule has 0 aliphatic carbocycles. The van der Waals surface area contributed by atoms with Crippen molar-refractivity contribution in [2.75, 3.05) is 5.32 Å². The van der Waals surface area contributed by atoms with Crippen molar-refractivity contribution in [3.63, 3.8) is 0 Å². The highest BCUT2D eigenvalue weighted by Crippen LogP contribution is 2.37. The lowest BCUT2D eigenvalue weighted by Gasteiger charge is -2.14. The molecular weight excluding hydrogens is 242 g/mol. The number of benzene rings is 3. The smallest absolute Gasteiger partial charge is 0.0561 e. The summed E-state index contributed by atoms with van der Waals surface area (Å²) in [5.74, 6) is 0. The summed E-state index contributed by atoms with van der Waals surface area (Å²) in [4.78, 5) is 0. The van der Waals surface area contributed by atoms with Crippen LogP contribution in [0.4, 0.5) is 5.69 Å². The zero-order valence-corrected chi connectivity index (χ0v) is 11.6. The van der Waals surface area contributed by atoms with Gasteiger partial charge in [-0.2, -0.15) is 0 Å². The summed E-state index contributed by atoms with van der Waals surface area (Å²) >= 11 is 0. The van der Waals surface area contributed by atoms with E-state index in [9.17, 15) is 0 Å². The lowest BCUT2D eigenvalue weighted by Crippen LogP contribution is -2.06. The van der Waals surface area contributed by atoms with E-state index in [1.54, 1.807) is 0 Å². The molecule has 0 fully saturated rings. The molecule has 1 atom stereocenters. The average molecular weight is 259 g/mol. The van der Waals surface area contributed by atoms with Crippen LogP contribution < -0.4 is 5.32 Å². The third-order valence-electron chi connectivity index (χ3n) is 4.22. The highest BCUT2D eigenvalue weighted by atomic mass is 14.9. The number of anilines is 1. The van der Waals surface area contributed by atoms with Crippen LogP contribution in [-0.4, -0.2) is 0 Å². The number of hydrogen-bond acceptors (Lipinski definition) is 1. The molecule has 0 amide bonds. The van der Waals surface area contributed by atoms with Crippen LogP contribution in [0.25, 0.3) is 10.8 Å². The second-order valence-corrected chi connectivity index (χ2v) is 5.63. The molecule has 1 heterocycles. The maximum atomic E-state index is 3.68. The molecule has 20 heavy (non-hydrogen) atoms. The molecule has 0 saturated heterocycles. The molecule has 0 saturated carbocycles. The quantitative estimate of drug-likeness (QED) is 0.658. The number of nitrogens with one attached hydrogen (secondary N) is 1. The van der Waals surface area contributed by atoms with E-state index in [-0.39, 0.29) is 0 Å². The Morgan fingerprint density at radius 2 is 1.80 bits per heavy atom. The minimum absolute atomic E-state index is 0.387.